The minimum atomic E-state index is -0.259. The summed E-state index contributed by atoms with van der Waals surface area (Å²) < 4.78 is 1.94. The molecule has 1 atom stereocenters. The average molecular weight is 356 g/mol. The molecule has 3 rings (SSSR count). The Morgan fingerprint density at radius 1 is 1.24 bits per heavy atom. The van der Waals surface area contributed by atoms with E-state index < -0.39 is 0 Å². The highest BCUT2D eigenvalue weighted by molar-refractivity contribution is 7.98. The first kappa shape index (κ1) is 17.2. The van der Waals surface area contributed by atoms with Gasteiger partial charge in [0.05, 0.1) is 12.7 Å². The normalized spacial score (nSPS) is 12.1. The Hall–Kier alpha value is -2.61. The zero-order chi connectivity index (χ0) is 17.6. The Morgan fingerprint density at radius 3 is 2.68 bits per heavy atom. The number of aryl methyl sites for hydroxylation is 1. The molecule has 0 unspecified atom stereocenters. The van der Waals surface area contributed by atoms with Gasteiger partial charge in [-0.3, -0.25) is 4.79 Å². The fourth-order valence-electron chi connectivity index (χ4n) is 2.60. The number of hydrogen-bond donors (Lipinski definition) is 1. The molecule has 1 aromatic carbocycles. The van der Waals surface area contributed by atoms with Crippen molar-refractivity contribution in [1.29, 1.82) is 0 Å². The van der Waals surface area contributed by atoms with Crippen LogP contribution in [-0.2, 0) is 11.8 Å². The van der Waals surface area contributed by atoms with Crippen LogP contribution in [0.25, 0.3) is 11.4 Å². The van der Waals surface area contributed by atoms with Crippen molar-refractivity contribution in [2.75, 3.05) is 17.3 Å². The number of para-hydroxylation sites is 1. The van der Waals surface area contributed by atoms with Crippen LogP contribution >= 0.6 is 11.8 Å². The Balaban J connectivity index is 1.84. The molecule has 7 nitrogen and oxygen atoms in total. The Labute approximate surface area is 150 Å². The fraction of sp³-hybridized carbons (Fsp3) is 0.294. The average Bonchev–Trinajstić information content (AvgIpc) is 3.28. The van der Waals surface area contributed by atoms with Crippen LogP contribution in [0.5, 0.6) is 0 Å². The van der Waals surface area contributed by atoms with Gasteiger partial charge in [0.15, 0.2) is 0 Å². The molecule has 0 saturated carbocycles. The van der Waals surface area contributed by atoms with Crippen LogP contribution in [0.2, 0.25) is 0 Å². The topological polar surface area (TPSA) is 77.6 Å². The van der Waals surface area contributed by atoms with Crippen molar-refractivity contribution in [3.05, 3.63) is 48.8 Å². The number of anilines is 1. The number of nitrogens with one attached hydrogen (secondary N) is 1. The summed E-state index contributed by atoms with van der Waals surface area (Å²) in [6, 6.07) is 11.1. The van der Waals surface area contributed by atoms with Crippen molar-refractivity contribution >= 4 is 23.4 Å². The molecule has 0 bridgehead atoms. The summed E-state index contributed by atoms with van der Waals surface area (Å²) in [5, 5.41) is 15.2. The quantitative estimate of drug-likeness (QED) is 0.704. The van der Waals surface area contributed by atoms with Gasteiger partial charge in [-0.25, -0.2) is 0 Å². The number of aromatic nitrogens is 5. The van der Waals surface area contributed by atoms with Crippen molar-refractivity contribution in [3.63, 3.8) is 0 Å². The van der Waals surface area contributed by atoms with E-state index in [0.717, 1.165) is 17.7 Å². The molecule has 0 saturated heterocycles. The van der Waals surface area contributed by atoms with Gasteiger partial charge in [-0.05, 0) is 47.9 Å². The van der Waals surface area contributed by atoms with Crippen LogP contribution in [0.15, 0.2) is 48.8 Å². The SMILES string of the molecule is CSCC[C@@H](C(=O)Nc1ccccc1-c1nnn(C)n1)n1cccc1. The van der Waals surface area contributed by atoms with Crippen LogP contribution in [-0.4, -0.2) is 42.7 Å². The minimum Gasteiger partial charge on any atom is -0.342 e. The molecule has 0 spiro atoms. The Kier molecular flexibility index (Phi) is 5.49. The molecule has 0 aliphatic heterocycles. The summed E-state index contributed by atoms with van der Waals surface area (Å²) in [6.45, 7) is 0. The highest BCUT2D eigenvalue weighted by Crippen LogP contribution is 2.26. The second-order valence-electron chi connectivity index (χ2n) is 5.56. The lowest BCUT2D eigenvalue weighted by Gasteiger charge is -2.19. The van der Waals surface area contributed by atoms with Crippen molar-refractivity contribution in [2.45, 2.75) is 12.5 Å². The van der Waals surface area contributed by atoms with E-state index in [-0.39, 0.29) is 11.9 Å². The van der Waals surface area contributed by atoms with Crippen LogP contribution in [0, 0.1) is 0 Å². The number of tetrazole rings is 1. The second kappa shape index (κ2) is 7.98. The summed E-state index contributed by atoms with van der Waals surface area (Å²) in [5.41, 5.74) is 1.43. The van der Waals surface area contributed by atoms with Gasteiger partial charge < -0.3 is 9.88 Å². The smallest absolute Gasteiger partial charge is 0.247 e. The molecule has 130 valence electrons. The maximum absolute atomic E-state index is 12.9. The second-order valence-corrected chi connectivity index (χ2v) is 6.55. The molecular weight excluding hydrogens is 336 g/mol. The number of carbonyl (C=O) groups excluding carboxylic acids is 1. The van der Waals surface area contributed by atoms with Gasteiger partial charge in [-0.1, -0.05) is 12.1 Å². The van der Waals surface area contributed by atoms with Gasteiger partial charge in [0, 0.05) is 18.0 Å². The van der Waals surface area contributed by atoms with Crippen molar-refractivity contribution in [2.24, 2.45) is 7.05 Å². The summed E-state index contributed by atoms with van der Waals surface area (Å²) in [5.74, 6) is 1.34. The van der Waals surface area contributed by atoms with Crippen molar-refractivity contribution in [1.82, 2.24) is 24.8 Å². The minimum absolute atomic E-state index is 0.0541. The highest BCUT2D eigenvalue weighted by Gasteiger charge is 2.21. The Morgan fingerprint density at radius 2 is 2.00 bits per heavy atom. The van der Waals surface area contributed by atoms with E-state index in [9.17, 15) is 4.79 Å². The first-order chi connectivity index (χ1) is 12.2. The molecule has 1 amide bonds. The molecule has 2 aromatic heterocycles. The third-order valence-electron chi connectivity index (χ3n) is 3.82. The molecule has 2 heterocycles. The monoisotopic (exact) mass is 356 g/mol. The Bertz CT molecular complexity index is 829. The van der Waals surface area contributed by atoms with Crippen molar-refractivity contribution in [3.8, 4) is 11.4 Å². The van der Waals surface area contributed by atoms with Gasteiger partial charge in [-0.2, -0.15) is 16.6 Å². The number of carbonyl (C=O) groups is 1. The third-order valence-corrected chi connectivity index (χ3v) is 4.46. The number of benzene rings is 1. The third kappa shape index (κ3) is 4.08. The standard InChI is InChI=1S/C17H20N6OS/c1-22-20-16(19-21-22)13-7-3-4-8-14(13)18-17(24)15(9-12-25-2)23-10-5-6-11-23/h3-8,10-11,15H,9,12H2,1-2H3,(H,18,24)/t15-/m0/s1. The maximum atomic E-state index is 12.9. The van der Waals surface area contributed by atoms with E-state index in [2.05, 4.69) is 20.7 Å². The summed E-state index contributed by atoms with van der Waals surface area (Å²) in [7, 11) is 1.71. The van der Waals surface area contributed by atoms with Crippen LogP contribution < -0.4 is 5.32 Å². The van der Waals surface area contributed by atoms with E-state index in [1.165, 1.54) is 4.80 Å². The van der Waals surface area contributed by atoms with Gasteiger partial charge in [0.25, 0.3) is 0 Å². The number of thioether (sulfide) groups is 1. The van der Waals surface area contributed by atoms with Gasteiger partial charge in [0.2, 0.25) is 11.7 Å². The van der Waals surface area contributed by atoms with Crippen LogP contribution in [0.3, 0.4) is 0 Å². The number of rotatable bonds is 7. The van der Waals surface area contributed by atoms with E-state index in [1.807, 2.05) is 59.6 Å². The van der Waals surface area contributed by atoms with E-state index in [0.29, 0.717) is 11.5 Å². The van der Waals surface area contributed by atoms with E-state index >= 15 is 0 Å². The molecular formula is C17H20N6OS. The fourth-order valence-corrected chi connectivity index (χ4v) is 3.05. The first-order valence-corrected chi connectivity index (χ1v) is 9.34. The lowest BCUT2D eigenvalue weighted by molar-refractivity contribution is -0.119. The number of nitrogens with zero attached hydrogens (tertiary/aromatic N) is 5. The van der Waals surface area contributed by atoms with Gasteiger partial charge >= 0.3 is 0 Å². The molecule has 8 heteroatoms. The highest BCUT2D eigenvalue weighted by atomic mass is 32.2. The van der Waals surface area contributed by atoms with Gasteiger partial charge in [0.1, 0.15) is 6.04 Å². The molecule has 0 aliphatic carbocycles. The van der Waals surface area contributed by atoms with Crippen LogP contribution in [0.4, 0.5) is 5.69 Å². The molecule has 3 aromatic rings. The number of amides is 1. The molecule has 0 fully saturated rings. The summed E-state index contributed by atoms with van der Waals surface area (Å²) in [4.78, 5) is 14.3. The number of hydrogen-bond acceptors (Lipinski definition) is 5. The van der Waals surface area contributed by atoms with Gasteiger partial charge in [-0.15, -0.1) is 10.2 Å². The predicted octanol–water partition coefficient (Wildman–Crippen LogP) is 2.61. The van der Waals surface area contributed by atoms with E-state index in [4.69, 9.17) is 0 Å². The summed E-state index contributed by atoms with van der Waals surface area (Å²) in [6.07, 6.45) is 6.63. The predicted molar refractivity (Wildman–Crippen MR) is 99.3 cm³/mol. The zero-order valence-electron chi connectivity index (χ0n) is 14.2. The summed E-state index contributed by atoms with van der Waals surface area (Å²) >= 11 is 1.73. The van der Waals surface area contributed by atoms with E-state index in [1.54, 1.807) is 18.8 Å². The van der Waals surface area contributed by atoms with Crippen molar-refractivity contribution < 1.29 is 4.79 Å². The van der Waals surface area contributed by atoms with Crippen LogP contribution in [0.1, 0.15) is 12.5 Å². The lowest BCUT2D eigenvalue weighted by Crippen LogP contribution is -2.26. The lowest BCUT2D eigenvalue weighted by atomic mass is 10.1. The molecule has 25 heavy (non-hydrogen) atoms. The molecule has 0 aliphatic rings. The first-order valence-electron chi connectivity index (χ1n) is 7.94. The molecule has 1 N–H and O–H groups in total. The largest absolute Gasteiger partial charge is 0.342 e. The zero-order valence-corrected chi connectivity index (χ0v) is 15.0. The maximum Gasteiger partial charge on any atom is 0.247 e. The molecule has 0 radical (unpaired) electrons.